The Hall–Kier alpha value is -1.65. The molecule has 164 valence electrons. The molecule has 1 aliphatic heterocycles. The largest absolute Gasteiger partial charge is 0.356 e. The summed E-state index contributed by atoms with van der Waals surface area (Å²) < 4.78 is 49.5. The Morgan fingerprint density at radius 3 is 2.34 bits per heavy atom. The fraction of sp³-hybridized carbons (Fsp3) is 0.632. The summed E-state index contributed by atoms with van der Waals surface area (Å²) in [5.74, 6) is 1.11. The van der Waals surface area contributed by atoms with E-state index in [2.05, 4.69) is 15.6 Å². The highest BCUT2D eigenvalue weighted by atomic mass is 32.2. The topological polar surface area (TPSA) is 108 Å². The number of sulfonamides is 1. The van der Waals surface area contributed by atoms with Gasteiger partial charge in [0.15, 0.2) is 5.96 Å². The molecule has 1 atom stereocenters. The van der Waals surface area contributed by atoms with E-state index < -0.39 is 19.9 Å². The van der Waals surface area contributed by atoms with E-state index in [0.717, 1.165) is 12.8 Å². The van der Waals surface area contributed by atoms with Crippen molar-refractivity contribution in [3.8, 4) is 0 Å². The third-order valence-electron chi connectivity index (χ3n) is 5.04. The Morgan fingerprint density at radius 2 is 1.79 bits per heavy atom. The minimum absolute atomic E-state index is 0.0196. The predicted molar refractivity (Wildman–Crippen MR) is 116 cm³/mol. The van der Waals surface area contributed by atoms with Crippen LogP contribution in [0.25, 0.3) is 0 Å². The molecule has 1 saturated heterocycles. The van der Waals surface area contributed by atoms with Gasteiger partial charge in [-0.05, 0) is 44.2 Å². The van der Waals surface area contributed by atoms with Crippen molar-refractivity contribution < 1.29 is 16.8 Å². The van der Waals surface area contributed by atoms with Crippen LogP contribution in [0.5, 0.6) is 0 Å². The molecule has 29 heavy (non-hydrogen) atoms. The Kier molecular flexibility index (Phi) is 8.47. The number of nitrogens with one attached hydrogen (secondary N) is 2. The highest BCUT2D eigenvalue weighted by Gasteiger charge is 2.29. The molecule has 10 heteroatoms. The van der Waals surface area contributed by atoms with E-state index in [1.807, 2.05) is 6.92 Å². The molecule has 2 N–H and O–H groups in total. The summed E-state index contributed by atoms with van der Waals surface area (Å²) in [6, 6.07) is 8.51. The van der Waals surface area contributed by atoms with Crippen LogP contribution in [-0.4, -0.2) is 71.8 Å². The minimum atomic E-state index is -3.43. The quantitative estimate of drug-likeness (QED) is 0.459. The second-order valence-electron chi connectivity index (χ2n) is 7.58. The van der Waals surface area contributed by atoms with Gasteiger partial charge in [0.2, 0.25) is 10.0 Å². The third-order valence-corrected chi connectivity index (χ3v) is 7.93. The number of sulfone groups is 1. The van der Waals surface area contributed by atoms with Gasteiger partial charge in [-0.15, -0.1) is 0 Å². The maximum Gasteiger partial charge on any atom is 0.243 e. The van der Waals surface area contributed by atoms with Crippen molar-refractivity contribution >= 4 is 25.8 Å². The summed E-state index contributed by atoms with van der Waals surface area (Å²) in [6.07, 6.45) is 3.30. The molecule has 0 saturated carbocycles. The van der Waals surface area contributed by atoms with Gasteiger partial charge in [0.25, 0.3) is 0 Å². The second kappa shape index (κ2) is 10.4. The number of benzene rings is 1. The van der Waals surface area contributed by atoms with Gasteiger partial charge in [-0.2, -0.15) is 4.31 Å². The summed E-state index contributed by atoms with van der Waals surface area (Å²) in [4.78, 5) is 4.53. The van der Waals surface area contributed by atoms with E-state index in [9.17, 15) is 16.8 Å². The maximum absolute atomic E-state index is 12.7. The molecule has 0 radical (unpaired) electrons. The van der Waals surface area contributed by atoms with Gasteiger partial charge in [0.05, 0.1) is 10.6 Å². The summed E-state index contributed by atoms with van der Waals surface area (Å²) in [5.41, 5.74) is 0. The van der Waals surface area contributed by atoms with Crippen molar-refractivity contribution in [3.05, 3.63) is 30.3 Å². The Labute approximate surface area is 174 Å². The SMILES string of the molecule is CN=C(NCC1CCN(S(=O)(=O)c2ccccc2)CC1)NC(C)CCS(C)(=O)=O. The van der Waals surface area contributed by atoms with Gasteiger partial charge in [-0.25, -0.2) is 16.8 Å². The number of hydrogen-bond acceptors (Lipinski definition) is 5. The summed E-state index contributed by atoms with van der Waals surface area (Å²) in [7, 11) is -4.74. The smallest absolute Gasteiger partial charge is 0.243 e. The van der Waals surface area contributed by atoms with Crippen LogP contribution in [0.3, 0.4) is 0 Å². The van der Waals surface area contributed by atoms with Crippen LogP contribution in [0.4, 0.5) is 0 Å². The van der Waals surface area contributed by atoms with Crippen LogP contribution in [0.15, 0.2) is 40.2 Å². The van der Waals surface area contributed by atoms with Crippen molar-refractivity contribution in [2.45, 2.75) is 37.1 Å². The molecule has 8 nitrogen and oxygen atoms in total. The molecule has 1 unspecified atom stereocenters. The zero-order valence-electron chi connectivity index (χ0n) is 17.3. The predicted octanol–water partition coefficient (Wildman–Crippen LogP) is 1.08. The minimum Gasteiger partial charge on any atom is -0.356 e. The van der Waals surface area contributed by atoms with E-state index in [4.69, 9.17) is 0 Å². The fourth-order valence-corrected chi connectivity index (χ4v) is 5.50. The van der Waals surface area contributed by atoms with Gasteiger partial charge in [0.1, 0.15) is 9.84 Å². The first-order chi connectivity index (χ1) is 13.6. The molecule has 1 heterocycles. The lowest BCUT2D eigenvalue weighted by molar-refractivity contribution is 0.273. The van der Waals surface area contributed by atoms with Crippen molar-refractivity contribution in [2.75, 3.05) is 38.7 Å². The monoisotopic (exact) mass is 444 g/mol. The van der Waals surface area contributed by atoms with E-state index >= 15 is 0 Å². The Bertz CT molecular complexity index is 878. The van der Waals surface area contributed by atoms with Crippen molar-refractivity contribution in [1.29, 1.82) is 0 Å². The van der Waals surface area contributed by atoms with Crippen molar-refractivity contribution in [3.63, 3.8) is 0 Å². The van der Waals surface area contributed by atoms with Gasteiger partial charge < -0.3 is 10.6 Å². The van der Waals surface area contributed by atoms with E-state index in [-0.39, 0.29) is 11.8 Å². The average molecular weight is 445 g/mol. The molecule has 1 aromatic carbocycles. The molecule has 0 aliphatic carbocycles. The summed E-state index contributed by atoms with van der Waals surface area (Å²) in [6.45, 7) is 3.61. The first-order valence-corrected chi connectivity index (χ1v) is 13.3. The maximum atomic E-state index is 12.7. The molecule has 2 rings (SSSR count). The van der Waals surface area contributed by atoms with Crippen LogP contribution < -0.4 is 10.6 Å². The van der Waals surface area contributed by atoms with Crippen LogP contribution in [0, 0.1) is 5.92 Å². The van der Waals surface area contributed by atoms with E-state index in [1.165, 1.54) is 6.26 Å². The zero-order valence-corrected chi connectivity index (χ0v) is 19.0. The number of guanidine groups is 1. The molecule has 1 aromatic rings. The highest BCUT2D eigenvalue weighted by Crippen LogP contribution is 2.23. The van der Waals surface area contributed by atoms with E-state index in [1.54, 1.807) is 41.7 Å². The van der Waals surface area contributed by atoms with Crippen LogP contribution >= 0.6 is 0 Å². The number of aliphatic imine (C=N–C) groups is 1. The molecule has 0 amide bonds. The van der Waals surface area contributed by atoms with Gasteiger partial charge in [-0.1, -0.05) is 18.2 Å². The second-order valence-corrected chi connectivity index (χ2v) is 11.8. The Balaban J connectivity index is 1.79. The first kappa shape index (κ1) is 23.6. The fourth-order valence-electron chi connectivity index (χ4n) is 3.23. The molecule has 0 aromatic heterocycles. The zero-order chi connectivity index (χ0) is 21.5. The molecule has 0 bridgehead atoms. The lowest BCUT2D eigenvalue weighted by Gasteiger charge is -2.31. The van der Waals surface area contributed by atoms with Gasteiger partial charge in [0, 0.05) is 39.0 Å². The lowest BCUT2D eigenvalue weighted by Crippen LogP contribution is -2.46. The third kappa shape index (κ3) is 7.60. The Morgan fingerprint density at radius 1 is 1.17 bits per heavy atom. The van der Waals surface area contributed by atoms with Crippen LogP contribution in [0.1, 0.15) is 26.2 Å². The molecular formula is C19H32N4O4S2. The molecule has 0 spiro atoms. The summed E-state index contributed by atoms with van der Waals surface area (Å²) in [5, 5.41) is 6.48. The number of nitrogens with zero attached hydrogens (tertiary/aromatic N) is 2. The number of piperidine rings is 1. The van der Waals surface area contributed by atoms with Gasteiger partial charge >= 0.3 is 0 Å². The lowest BCUT2D eigenvalue weighted by atomic mass is 9.98. The molecule has 1 fully saturated rings. The molecule has 1 aliphatic rings. The van der Waals surface area contributed by atoms with Crippen molar-refractivity contribution in [2.24, 2.45) is 10.9 Å². The standard InChI is InChI=1S/C19H32N4O4S2/c1-16(11-14-28(3,24)25)22-19(20-2)21-15-17-9-12-23(13-10-17)29(26,27)18-7-5-4-6-8-18/h4-8,16-17H,9-15H2,1-3H3,(H2,20,21,22). The number of rotatable bonds is 8. The first-order valence-electron chi connectivity index (χ1n) is 9.82. The van der Waals surface area contributed by atoms with E-state index in [0.29, 0.717) is 42.8 Å². The average Bonchev–Trinajstić information content (AvgIpc) is 2.70. The van der Waals surface area contributed by atoms with Crippen molar-refractivity contribution in [1.82, 2.24) is 14.9 Å². The highest BCUT2D eigenvalue weighted by molar-refractivity contribution is 7.90. The number of hydrogen-bond donors (Lipinski definition) is 2. The van der Waals surface area contributed by atoms with Crippen LogP contribution in [0.2, 0.25) is 0 Å². The normalized spacial score (nSPS) is 18.4. The van der Waals surface area contributed by atoms with Gasteiger partial charge in [-0.3, -0.25) is 4.99 Å². The molecular weight excluding hydrogens is 412 g/mol. The van der Waals surface area contributed by atoms with Crippen LogP contribution in [-0.2, 0) is 19.9 Å². The summed E-state index contributed by atoms with van der Waals surface area (Å²) >= 11 is 0.